The Kier molecular flexibility index (Phi) is 3.31. The van der Waals surface area contributed by atoms with Crippen LogP contribution in [0.4, 0.5) is 0 Å². The van der Waals surface area contributed by atoms with Gasteiger partial charge in [-0.2, -0.15) is 0 Å². The topological polar surface area (TPSA) is 66.8 Å². The molecule has 0 saturated carbocycles. The lowest BCUT2D eigenvalue weighted by atomic mass is 9.97. The Morgan fingerprint density at radius 3 is 2.73 bits per heavy atom. The smallest absolute Gasteiger partial charge is 0.335 e. The van der Waals surface area contributed by atoms with E-state index >= 15 is 0 Å². The molecule has 1 unspecified atom stereocenters. The minimum Gasteiger partial charge on any atom is -0.497 e. The van der Waals surface area contributed by atoms with Crippen LogP contribution in [-0.4, -0.2) is 28.9 Å². The van der Waals surface area contributed by atoms with Crippen LogP contribution in [0.5, 0.6) is 5.75 Å². The highest BCUT2D eigenvalue weighted by Crippen LogP contribution is 2.18. The van der Waals surface area contributed by atoms with Gasteiger partial charge in [0.25, 0.3) is 0 Å². The van der Waals surface area contributed by atoms with Crippen LogP contribution in [0.25, 0.3) is 0 Å². The fraction of sp³-hybridized carbons (Fsp3) is 0.364. The second-order valence-electron chi connectivity index (χ2n) is 3.61. The van der Waals surface area contributed by atoms with Crippen LogP contribution >= 0.6 is 0 Å². The van der Waals surface area contributed by atoms with E-state index in [1.807, 2.05) is 0 Å². The molecule has 1 aromatic carbocycles. The van der Waals surface area contributed by atoms with Crippen molar-refractivity contribution in [2.24, 2.45) is 0 Å². The maximum Gasteiger partial charge on any atom is 0.335 e. The lowest BCUT2D eigenvalue weighted by Crippen LogP contribution is -2.37. The number of aliphatic carboxylic acids is 1. The maximum absolute atomic E-state index is 10.7. The van der Waals surface area contributed by atoms with E-state index in [0.29, 0.717) is 5.75 Å². The number of hydrogen-bond donors (Lipinski definition) is 2. The van der Waals surface area contributed by atoms with Gasteiger partial charge in [0.05, 0.1) is 7.11 Å². The summed E-state index contributed by atoms with van der Waals surface area (Å²) in [7, 11) is 1.54. The Balaban J connectivity index is 2.85. The summed E-state index contributed by atoms with van der Waals surface area (Å²) in [6.45, 7) is 1.27. The summed E-state index contributed by atoms with van der Waals surface area (Å²) >= 11 is 0. The number of methoxy groups -OCH3 is 1. The number of aliphatic hydroxyl groups is 1. The van der Waals surface area contributed by atoms with Crippen LogP contribution in [0.1, 0.15) is 12.5 Å². The predicted octanol–water partition coefficient (Wildman–Crippen LogP) is 1.07. The minimum atomic E-state index is -1.74. The van der Waals surface area contributed by atoms with E-state index in [1.165, 1.54) is 14.0 Å². The fourth-order valence-electron chi connectivity index (χ4n) is 1.26. The molecular weight excluding hydrogens is 196 g/mol. The van der Waals surface area contributed by atoms with Crippen LogP contribution in [0, 0.1) is 0 Å². The summed E-state index contributed by atoms with van der Waals surface area (Å²) < 4.78 is 5.00. The zero-order valence-corrected chi connectivity index (χ0v) is 8.73. The zero-order chi connectivity index (χ0) is 11.5. The van der Waals surface area contributed by atoms with Crippen molar-refractivity contribution in [1.82, 2.24) is 0 Å². The fourth-order valence-corrected chi connectivity index (χ4v) is 1.26. The molecule has 0 aromatic heterocycles. The third-order valence-electron chi connectivity index (χ3n) is 2.14. The van der Waals surface area contributed by atoms with E-state index in [4.69, 9.17) is 9.84 Å². The van der Waals surface area contributed by atoms with E-state index in [0.717, 1.165) is 5.56 Å². The molecular formula is C11H14O4. The van der Waals surface area contributed by atoms with Crippen molar-refractivity contribution < 1.29 is 19.7 Å². The summed E-state index contributed by atoms with van der Waals surface area (Å²) in [5.41, 5.74) is -1.02. The highest BCUT2D eigenvalue weighted by Gasteiger charge is 2.29. The van der Waals surface area contributed by atoms with Gasteiger partial charge < -0.3 is 14.9 Å². The number of carboxylic acids is 1. The number of benzene rings is 1. The summed E-state index contributed by atoms with van der Waals surface area (Å²) in [5.74, 6) is -0.584. The van der Waals surface area contributed by atoms with E-state index in [9.17, 15) is 9.90 Å². The second-order valence-corrected chi connectivity index (χ2v) is 3.61. The zero-order valence-electron chi connectivity index (χ0n) is 8.73. The monoisotopic (exact) mass is 210 g/mol. The van der Waals surface area contributed by atoms with Gasteiger partial charge in [0.1, 0.15) is 5.75 Å². The Hall–Kier alpha value is -1.55. The molecule has 0 saturated heterocycles. The van der Waals surface area contributed by atoms with Crippen LogP contribution in [-0.2, 0) is 11.2 Å². The lowest BCUT2D eigenvalue weighted by molar-refractivity contribution is -0.156. The van der Waals surface area contributed by atoms with E-state index in [2.05, 4.69) is 0 Å². The summed E-state index contributed by atoms with van der Waals surface area (Å²) in [6.07, 6.45) is 0.0551. The highest BCUT2D eigenvalue weighted by atomic mass is 16.5. The summed E-state index contributed by atoms with van der Waals surface area (Å²) in [6, 6.07) is 6.97. The first-order valence-electron chi connectivity index (χ1n) is 4.54. The van der Waals surface area contributed by atoms with Gasteiger partial charge in [0.15, 0.2) is 5.60 Å². The van der Waals surface area contributed by atoms with Crippen molar-refractivity contribution in [3.63, 3.8) is 0 Å². The number of ether oxygens (including phenoxy) is 1. The van der Waals surface area contributed by atoms with Crippen molar-refractivity contribution in [2.75, 3.05) is 7.11 Å². The van der Waals surface area contributed by atoms with E-state index in [-0.39, 0.29) is 6.42 Å². The van der Waals surface area contributed by atoms with Crippen LogP contribution in [0.2, 0.25) is 0 Å². The van der Waals surface area contributed by atoms with Gasteiger partial charge in [-0.15, -0.1) is 0 Å². The average molecular weight is 210 g/mol. The Morgan fingerprint density at radius 1 is 1.53 bits per heavy atom. The molecule has 1 rings (SSSR count). The molecule has 0 heterocycles. The molecule has 0 bridgehead atoms. The van der Waals surface area contributed by atoms with Gasteiger partial charge in [0.2, 0.25) is 0 Å². The van der Waals surface area contributed by atoms with E-state index in [1.54, 1.807) is 24.3 Å². The van der Waals surface area contributed by atoms with Gasteiger partial charge in [-0.1, -0.05) is 12.1 Å². The molecule has 2 N–H and O–H groups in total. The first kappa shape index (κ1) is 11.5. The van der Waals surface area contributed by atoms with Gasteiger partial charge in [0, 0.05) is 6.42 Å². The molecule has 0 aliphatic carbocycles. The van der Waals surface area contributed by atoms with Crippen molar-refractivity contribution in [3.05, 3.63) is 29.8 Å². The molecule has 0 fully saturated rings. The summed E-state index contributed by atoms with van der Waals surface area (Å²) in [5, 5.41) is 18.3. The minimum absolute atomic E-state index is 0.0551. The third-order valence-corrected chi connectivity index (χ3v) is 2.14. The van der Waals surface area contributed by atoms with Gasteiger partial charge in [-0.05, 0) is 24.6 Å². The first-order valence-corrected chi connectivity index (χ1v) is 4.54. The number of rotatable bonds is 4. The molecule has 4 nitrogen and oxygen atoms in total. The number of hydrogen-bond acceptors (Lipinski definition) is 3. The van der Waals surface area contributed by atoms with Crippen LogP contribution < -0.4 is 4.74 Å². The molecule has 1 atom stereocenters. The molecule has 82 valence electrons. The molecule has 0 aliphatic heterocycles. The van der Waals surface area contributed by atoms with Crippen molar-refractivity contribution in [3.8, 4) is 5.75 Å². The number of carbonyl (C=O) groups is 1. The van der Waals surface area contributed by atoms with Crippen molar-refractivity contribution >= 4 is 5.97 Å². The molecule has 15 heavy (non-hydrogen) atoms. The van der Waals surface area contributed by atoms with E-state index < -0.39 is 11.6 Å². The third kappa shape index (κ3) is 2.95. The van der Waals surface area contributed by atoms with Crippen molar-refractivity contribution in [2.45, 2.75) is 18.9 Å². The molecule has 0 amide bonds. The van der Waals surface area contributed by atoms with Gasteiger partial charge in [-0.3, -0.25) is 0 Å². The highest BCUT2D eigenvalue weighted by molar-refractivity contribution is 5.76. The van der Waals surface area contributed by atoms with Crippen LogP contribution in [0.3, 0.4) is 0 Å². The largest absolute Gasteiger partial charge is 0.497 e. The molecule has 1 aromatic rings. The molecule has 0 radical (unpaired) electrons. The quantitative estimate of drug-likeness (QED) is 0.780. The SMILES string of the molecule is COc1cccc(CC(C)(O)C(=O)O)c1. The molecule has 4 heteroatoms. The Labute approximate surface area is 88.1 Å². The second kappa shape index (κ2) is 4.31. The standard InChI is InChI=1S/C11H14O4/c1-11(14,10(12)13)7-8-4-3-5-9(6-8)15-2/h3-6,14H,7H2,1-2H3,(H,12,13). The maximum atomic E-state index is 10.7. The first-order chi connectivity index (χ1) is 6.95. The summed E-state index contributed by atoms with van der Waals surface area (Å²) in [4.78, 5) is 10.7. The van der Waals surface area contributed by atoms with Crippen molar-refractivity contribution in [1.29, 1.82) is 0 Å². The number of carboxylic acid groups (broad SMARTS) is 1. The van der Waals surface area contributed by atoms with Crippen LogP contribution in [0.15, 0.2) is 24.3 Å². The lowest BCUT2D eigenvalue weighted by Gasteiger charge is -2.17. The Bertz CT molecular complexity index is 357. The molecule has 0 spiro atoms. The molecule has 0 aliphatic rings. The normalized spacial score (nSPS) is 14.3. The van der Waals surface area contributed by atoms with Gasteiger partial charge in [-0.25, -0.2) is 4.79 Å². The Morgan fingerprint density at radius 2 is 2.20 bits per heavy atom. The average Bonchev–Trinajstić information content (AvgIpc) is 2.17. The van der Waals surface area contributed by atoms with Gasteiger partial charge >= 0.3 is 5.97 Å². The predicted molar refractivity (Wildman–Crippen MR) is 55.0 cm³/mol.